The second kappa shape index (κ2) is 15.2. The Morgan fingerprint density at radius 3 is 2.24 bits per heavy atom. The van der Waals surface area contributed by atoms with Crippen molar-refractivity contribution in [3.8, 4) is 0 Å². The molecular weight excluding hydrogens is 432 g/mol. The van der Waals surface area contributed by atoms with E-state index in [4.69, 9.17) is 14.2 Å². The van der Waals surface area contributed by atoms with Crippen LogP contribution in [0.3, 0.4) is 0 Å². The average Bonchev–Trinajstić information content (AvgIpc) is 2.80. The van der Waals surface area contributed by atoms with Gasteiger partial charge in [0, 0.05) is 18.2 Å². The normalized spacial score (nSPS) is 12.5. The molecule has 1 aromatic carbocycles. The van der Waals surface area contributed by atoms with E-state index in [1.807, 2.05) is 0 Å². The number of benzene rings is 1. The minimum Gasteiger partial charge on any atom is -0.506 e. The minimum absolute atomic E-state index is 0.00407. The van der Waals surface area contributed by atoms with Crippen LogP contribution in [-0.2, 0) is 33.4 Å². The summed E-state index contributed by atoms with van der Waals surface area (Å²) in [5, 5.41) is 12.9. The first-order valence-corrected chi connectivity index (χ1v) is 10.6. The molecule has 0 bridgehead atoms. The predicted octanol–water partition coefficient (Wildman–Crippen LogP) is 1.98. The zero-order valence-corrected chi connectivity index (χ0v) is 19.0. The van der Waals surface area contributed by atoms with Crippen LogP contribution in [0.4, 0.5) is 0 Å². The molecule has 1 rings (SSSR count). The Labute approximate surface area is 192 Å². The van der Waals surface area contributed by atoms with E-state index in [0.717, 1.165) is 6.21 Å². The van der Waals surface area contributed by atoms with E-state index in [-0.39, 0.29) is 44.0 Å². The highest BCUT2D eigenvalue weighted by atomic mass is 16.5. The van der Waals surface area contributed by atoms with Gasteiger partial charge < -0.3 is 24.6 Å². The van der Waals surface area contributed by atoms with Crippen LogP contribution in [0.2, 0.25) is 0 Å². The molecule has 10 heteroatoms. The Kier molecular flexibility index (Phi) is 12.6. The van der Waals surface area contributed by atoms with Gasteiger partial charge in [-0.25, -0.2) is 9.59 Å². The van der Waals surface area contributed by atoms with Gasteiger partial charge in [0.2, 0.25) is 5.91 Å². The largest absolute Gasteiger partial charge is 0.506 e. The van der Waals surface area contributed by atoms with E-state index in [9.17, 15) is 24.3 Å². The number of rotatable bonds is 13. The number of ether oxygens (including phenoxy) is 3. The van der Waals surface area contributed by atoms with Crippen LogP contribution in [0, 0.1) is 0 Å². The first-order valence-electron chi connectivity index (χ1n) is 10.6. The van der Waals surface area contributed by atoms with Crippen molar-refractivity contribution in [3.05, 3.63) is 41.5 Å². The van der Waals surface area contributed by atoms with Crippen molar-refractivity contribution in [2.24, 2.45) is 4.99 Å². The monoisotopic (exact) mass is 462 g/mol. The van der Waals surface area contributed by atoms with Gasteiger partial charge in [0.05, 0.1) is 19.8 Å². The van der Waals surface area contributed by atoms with E-state index in [0.29, 0.717) is 5.56 Å². The number of aliphatic hydroxyl groups is 1. The van der Waals surface area contributed by atoms with Gasteiger partial charge in [0.25, 0.3) is 0 Å². The van der Waals surface area contributed by atoms with Crippen molar-refractivity contribution in [1.82, 2.24) is 5.32 Å². The smallest absolute Gasteiger partial charge is 0.343 e. The molecule has 10 nitrogen and oxygen atoms in total. The Morgan fingerprint density at radius 2 is 1.64 bits per heavy atom. The highest BCUT2D eigenvalue weighted by molar-refractivity contribution is 6.15. The molecule has 0 radical (unpaired) electrons. The quantitative estimate of drug-likeness (QED) is 0.149. The Balaban J connectivity index is 2.90. The van der Waals surface area contributed by atoms with Gasteiger partial charge in [-0.05, 0) is 27.2 Å². The highest BCUT2D eigenvalue weighted by Crippen LogP contribution is 2.16. The van der Waals surface area contributed by atoms with E-state index >= 15 is 0 Å². The molecule has 0 heterocycles. The van der Waals surface area contributed by atoms with E-state index < -0.39 is 36.4 Å². The fourth-order valence-corrected chi connectivity index (χ4v) is 2.62. The second-order valence-electron chi connectivity index (χ2n) is 6.53. The first-order chi connectivity index (χ1) is 15.8. The lowest BCUT2D eigenvalue weighted by molar-refractivity contribution is -0.148. The number of nitrogens with zero attached hydrogens (tertiary/aromatic N) is 1. The van der Waals surface area contributed by atoms with Crippen LogP contribution in [0.25, 0.3) is 5.76 Å². The summed E-state index contributed by atoms with van der Waals surface area (Å²) in [6, 6.07) is 7.26. The van der Waals surface area contributed by atoms with Gasteiger partial charge in [-0.15, -0.1) is 0 Å². The molecule has 0 fully saturated rings. The van der Waals surface area contributed by atoms with Gasteiger partial charge in [-0.1, -0.05) is 30.3 Å². The van der Waals surface area contributed by atoms with Crippen LogP contribution in [0.15, 0.2) is 40.9 Å². The summed E-state index contributed by atoms with van der Waals surface area (Å²) in [6.07, 6.45) is 0.954. The van der Waals surface area contributed by atoms with Gasteiger partial charge in [0.15, 0.2) is 0 Å². The summed E-state index contributed by atoms with van der Waals surface area (Å²) in [5.74, 6) is -2.98. The maximum atomic E-state index is 12.3. The molecule has 0 aromatic heterocycles. The maximum Gasteiger partial charge on any atom is 0.343 e. The number of nitrogens with one attached hydrogen (secondary N) is 1. The molecule has 1 atom stereocenters. The fourth-order valence-electron chi connectivity index (χ4n) is 2.62. The molecule has 33 heavy (non-hydrogen) atoms. The lowest BCUT2D eigenvalue weighted by atomic mass is 10.1. The molecule has 2 N–H and O–H groups in total. The van der Waals surface area contributed by atoms with Crippen molar-refractivity contribution in [3.63, 3.8) is 0 Å². The molecular formula is C23H30N2O8. The Morgan fingerprint density at radius 1 is 1.00 bits per heavy atom. The number of esters is 3. The highest BCUT2D eigenvalue weighted by Gasteiger charge is 2.23. The van der Waals surface area contributed by atoms with E-state index in [2.05, 4.69) is 10.3 Å². The van der Waals surface area contributed by atoms with Crippen LogP contribution in [0.1, 0.15) is 39.2 Å². The summed E-state index contributed by atoms with van der Waals surface area (Å²) in [5.41, 5.74) is 0.151. The zero-order valence-electron chi connectivity index (χ0n) is 19.0. The van der Waals surface area contributed by atoms with E-state index in [1.165, 1.54) is 0 Å². The van der Waals surface area contributed by atoms with Crippen molar-refractivity contribution in [2.75, 3.05) is 26.4 Å². The van der Waals surface area contributed by atoms with Crippen molar-refractivity contribution in [2.45, 2.75) is 39.7 Å². The molecule has 0 saturated heterocycles. The molecule has 1 aromatic rings. The number of hydrogen-bond acceptors (Lipinski definition) is 9. The lowest BCUT2D eigenvalue weighted by Gasteiger charge is -2.16. The van der Waals surface area contributed by atoms with Crippen LogP contribution >= 0.6 is 0 Å². The summed E-state index contributed by atoms with van der Waals surface area (Å²) in [4.78, 5) is 52.1. The fraction of sp³-hybridized carbons (Fsp3) is 0.435. The van der Waals surface area contributed by atoms with Gasteiger partial charge >= 0.3 is 17.9 Å². The predicted molar refractivity (Wildman–Crippen MR) is 120 cm³/mol. The third-order valence-corrected chi connectivity index (χ3v) is 4.10. The van der Waals surface area contributed by atoms with Crippen molar-refractivity contribution < 1.29 is 38.5 Å². The van der Waals surface area contributed by atoms with Gasteiger partial charge in [-0.3, -0.25) is 14.6 Å². The average molecular weight is 462 g/mol. The molecule has 0 unspecified atom stereocenters. The van der Waals surface area contributed by atoms with Crippen LogP contribution < -0.4 is 5.32 Å². The lowest BCUT2D eigenvalue weighted by Crippen LogP contribution is -2.43. The van der Waals surface area contributed by atoms with Gasteiger partial charge in [0.1, 0.15) is 23.9 Å². The summed E-state index contributed by atoms with van der Waals surface area (Å²) >= 11 is 0. The Bertz CT molecular complexity index is 864. The van der Waals surface area contributed by atoms with Crippen molar-refractivity contribution in [1.29, 1.82) is 0 Å². The third-order valence-electron chi connectivity index (χ3n) is 4.10. The molecule has 0 aliphatic carbocycles. The summed E-state index contributed by atoms with van der Waals surface area (Å²) < 4.78 is 14.7. The molecule has 0 aliphatic rings. The number of aliphatic imine (C=N–C) groups is 1. The number of carbonyl (C=O) groups excluding carboxylic acids is 4. The van der Waals surface area contributed by atoms with Crippen LogP contribution in [-0.4, -0.2) is 67.5 Å². The van der Waals surface area contributed by atoms with E-state index in [1.54, 1.807) is 51.1 Å². The topological polar surface area (TPSA) is 141 Å². The van der Waals surface area contributed by atoms with Gasteiger partial charge in [-0.2, -0.15) is 0 Å². The second-order valence-corrected chi connectivity index (χ2v) is 6.53. The number of carbonyl (C=O) groups is 4. The molecule has 0 aliphatic heterocycles. The molecule has 0 saturated carbocycles. The standard InChI is InChI=1S/C23H30N2O8/c1-4-31-20(27)13-12-18(23(30)33-6-3)25-19(26)15-24-14-17(22(29)32-5-2)21(28)16-10-8-7-9-11-16/h7-11,14,18,28H,4-6,12-13,15H2,1-3H3,(H,25,26)/b21-17-,24-14?/t18-/m0/s1. The number of aliphatic hydroxyl groups excluding tert-OH is 1. The first kappa shape index (κ1) is 27.3. The Hall–Kier alpha value is -3.69. The van der Waals surface area contributed by atoms with Crippen LogP contribution in [0.5, 0.6) is 0 Å². The molecule has 180 valence electrons. The zero-order chi connectivity index (χ0) is 24.6. The molecule has 1 amide bonds. The molecule has 0 spiro atoms. The number of hydrogen-bond donors (Lipinski definition) is 2. The minimum atomic E-state index is -1.06. The summed E-state index contributed by atoms with van der Waals surface area (Å²) in [7, 11) is 0. The summed E-state index contributed by atoms with van der Waals surface area (Å²) in [6.45, 7) is 4.85. The number of amides is 1. The third kappa shape index (κ3) is 9.98. The SMILES string of the molecule is CCOC(=O)CC[C@H](NC(=O)CN=C/C(C(=O)OCC)=C(/O)c1ccccc1)C(=O)OCC. The van der Waals surface area contributed by atoms with Crippen molar-refractivity contribution >= 4 is 35.8 Å². The maximum absolute atomic E-state index is 12.3.